The number of benzene rings is 1. The number of carbonyl (C=O) groups is 1. The average molecular weight is 499 g/mol. The second-order valence-electron chi connectivity index (χ2n) is 8.43. The van der Waals surface area contributed by atoms with Crippen molar-refractivity contribution < 1.29 is 27.5 Å². The number of hydrogen-bond donors (Lipinski definition) is 2. The van der Waals surface area contributed by atoms with Gasteiger partial charge in [-0.25, -0.2) is 9.37 Å². The first-order chi connectivity index (χ1) is 17.1. The Balaban J connectivity index is 1.60. The summed E-state index contributed by atoms with van der Waals surface area (Å²) in [5.41, 5.74) is 1.50. The molecule has 1 aliphatic rings. The molecule has 3 heterocycles. The number of nitrogens with one attached hydrogen (secondary N) is 1. The zero-order chi connectivity index (χ0) is 25.9. The van der Waals surface area contributed by atoms with Crippen molar-refractivity contribution in [3.63, 3.8) is 0 Å². The van der Waals surface area contributed by atoms with Gasteiger partial charge in [-0.15, -0.1) is 0 Å². The number of aliphatic hydroxyl groups is 1. The number of hydrogen-bond acceptors (Lipinski definition) is 6. The molecule has 0 radical (unpaired) electrons. The molecule has 0 aliphatic carbocycles. The lowest BCUT2D eigenvalue weighted by Gasteiger charge is -2.21. The number of aliphatic hydroxyl groups excluding tert-OH is 1. The normalized spacial score (nSPS) is 15.6. The lowest BCUT2D eigenvalue weighted by molar-refractivity contribution is -0.134. The van der Waals surface area contributed by atoms with E-state index in [0.29, 0.717) is 42.0 Å². The van der Waals surface area contributed by atoms with Crippen molar-refractivity contribution in [1.29, 1.82) is 5.26 Å². The molecule has 1 amide bonds. The fraction of sp³-hybridized carbons (Fsp3) is 0.280. The van der Waals surface area contributed by atoms with Crippen LogP contribution in [0.15, 0.2) is 48.9 Å². The molecule has 1 atom stereocenters. The van der Waals surface area contributed by atoms with Crippen LogP contribution in [0.3, 0.4) is 0 Å². The minimum atomic E-state index is -4.40. The summed E-state index contributed by atoms with van der Waals surface area (Å²) in [6, 6.07) is 8.70. The van der Waals surface area contributed by atoms with E-state index in [9.17, 15) is 32.7 Å². The molecule has 1 saturated heterocycles. The smallest absolute Gasteiger partial charge is 0.389 e. The molecule has 4 rings (SSSR count). The van der Waals surface area contributed by atoms with Crippen LogP contribution >= 0.6 is 0 Å². The van der Waals surface area contributed by atoms with Gasteiger partial charge in [-0.2, -0.15) is 18.4 Å². The quantitative estimate of drug-likeness (QED) is 0.485. The van der Waals surface area contributed by atoms with E-state index >= 15 is 0 Å². The lowest BCUT2D eigenvalue weighted by Crippen LogP contribution is -2.23. The highest BCUT2D eigenvalue weighted by molar-refractivity contribution is 6.05. The van der Waals surface area contributed by atoms with Crippen LogP contribution in [0.2, 0.25) is 0 Å². The minimum absolute atomic E-state index is 0.0784. The summed E-state index contributed by atoms with van der Waals surface area (Å²) in [7, 11) is 0. The van der Waals surface area contributed by atoms with Crippen LogP contribution in [-0.4, -0.2) is 46.4 Å². The first-order valence-corrected chi connectivity index (χ1v) is 11.1. The highest BCUT2D eigenvalue weighted by Crippen LogP contribution is 2.32. The Bertz CT molecular complexity index is 1320. The first-order valence-electron chi connectivity index (χ1n) is 11.1. The van der Waals surface area contributed by atoms with Gasteiger partial charge in [0.1, 0.15) is 17.7 Å². The van der Waals surface area contributed by atoms with Gasteiger partial charge in [0, 0.05) is 54.9 Å². The maximum atomic E-state index is 14.3. The van der Waals surface area contributed by atoms with Gasteiger partial charge in [-0.05, 0) is 42.7 Å². The summed E-state index contributed by atoms with van der Waals surface area (Å²) in [5, 5.41) is 21.7. The Morgan fingerprint density at radius 2 is 2.03 bits per heavy atom. The molecule has 1 aliphatic heterocycles. The number of aryl methyl sites for hydroxylation is 1. The van der Waals surface area contributed by atoms with Gasteiger partial charge in [0.15, 0.2) is 0 Å². The van der Waals surface area contributed by atoms with E-state index in [2.05, 4.69) is 15.3 Å². The van der Waals surface area contributed by atoms with E-state index in [1.807, 2.05) is 11.0 Å². The number of alkyl halides is 3. The average Bonchev–Trinajstić information content (AvgIpc) is 3.28. The molecule has 1 aromatic carbocycles. The summed E-state index contributed by atoms with van der Waals surface area (Å²) in [6.07, 6.45) is -1.72. The van der Waals surface area contributed by atoms with Crippen molar-refractivity contribution in [2.75, 3.05) is 23.3 Å². The standard InChI is InChI=1S/C25H21F4N5O2/c26-22-9-19(2-1-16(22)3-5-25(27,28)29)33-24(36)18-8-21(17-7-15(10-30)11-31-12-17)23(32-13-18)34-6-4-20(35)14-34/h1-2,7-9,11-13,20,35H,3-6,14H2,(H,33,36)/t20-/m1/s1. The van der Waals surface area contributed by atoms with Gasteiger partial charge in [-0.1, -0.05) is 6.07 Å². The number of halogens is 4. The largest absolute Gasteiger partial charge is 0.391 e. The highest BCUT2D eigenvalue weighted by Gasteiger charge is 2.27. The molecule has 186 valence electrons. The number of aromatic nitrogens is 2. The zero-order valence-corrected chi connectivity index (χ0v) is 18.9. The van der Waals surface area contributed by atoms with Crippen LogP contribution in [0.4, 0.5) is 29.1 Å². The van der Waals surface area contributed by atoms with Gasteiger partial charge in [0.2, 0.25) is 0 Å². The Labute approximate surface area is 204 Å². The second-order valence-corrected chi connectivity index (χ2v) is 8.43. The van der Waals surface area contributed by atoms with Crippen molar-refractivity contribution in [2.24, 2.45) is 0 Å². The van der Waals surface area contributed by atoms with E-state index in [-0.39, 0.29) is 16.8 Å². The molecule has 0 unspecified atom stereocenters. The maximum Gasteiger partial charge on any atom is 0.389 e. The fourth-order valence-electron chi connectivity index (χ4n) is 3.94. The molecule has 3 aromatic rings. The summed E-state index contributed by atoms with van der Waals surface area (Å²) >= 11 is 0. The SMILES string of the molecule is N#Cc1cncc(-c2cc(C(=O)Nc3ccc(CCC(F)(F)F)c(F)c3)cnc2N2CC[C@@H](O)C2)c1. The molecule has 7 nitrogen and oxygen atoms in total. The third-order valence-corrected chi connectivity index (χ3v) is 5.76. The minimum Gasteiger partial charge on any atom is -0.391 e. The molecule has 1 fully saturated rings. The number of amides is 1. The van der Waals surface area contributed by atoms with Gasteiger partial charge in [0.25, 0.3) is 5.91 Å². The van der Waals surface area contributed by atoms with E-state index < -0.39 is 36.8 Å². The summed E-state index contributed by atoms with van der Waals surface area (Å²) in [5.74, 6) is -0.943. The molecule has 0 spiro atoms. The van der Waals surface area contributed by atoms with Crippen LogP contribution in [0, 0.1) is 17.1 Å². The van der Waals surface area contributed by atoms with Crippen molar-refractivity contribution in [3.05, 3.63) is 71.4 Å². The second kappa shape index (κ2) is 10.3. The number of rotatable bonds is 6. The third-order valence-electron chi connectivity index (χ3n) is 5.76. The van der Waals surface area contributed by atoms with E-state index in [1.165, 1.54) is 30.7 Å². The van der Waals surface area contributed by atoms with Gasteiger partial charge < -0.3 is 15.3 Å². The molecule has 11 heteroatoms. The summed E-state index contributed by atoms with van der Waals surface area (Å²) in [6.45, 7) is 0.912. The van der Waals surface area contributed by atoms with Crippen molar-refractivity contribution in [3.8, 4) is 17.2 Å². The molecule has 36 heavy (non-hydrogen) atoms. The van der Waals surface area contributed by atoms with Crippen molar-refractivity contribution in [2.45, 2.75) is 31.5 Å². The number of carbonyl (C=O) groups excluding carboxylic acids is 1. The Morgan fingerprint density at radius 3 is 2.69 bits per heavy atom. The van der Waals surface area contributed by atoms with Crippen molar-refractivity contribution in [1.82, 2.24) is 9.97 Å². The molecule has 2 N–H and O–H groups in total. The van der Waals surface area contributed by atoms with Crippen LogP contribution in [0.5, 0.6) is 0 Å². The summed E-state index contributed by atoms with van der Waals surface area (Å²) < 4.78 is 51.6. The van der Waals surface area contributed by atoms with Gasteiger partial charge in [-0.3, -0.25) is 9.78 Å². The molecule has 2 aromatic heterocycles. The van der Waals surface area contributed by atoms with Gasteiger partial charge >= 0.3 is 6.18 Å². The molecule has 0 bridgehead atoms. The van der Waals surface area contributed by atoms with E-state index in [4.69, 9.17) is 0 Å². The third kappa shape index (κ3) is 5.95. The monoisotopic (exact) mass is 499 g/mol. The first kappa shape index (κ1) is 25.1. The highest BCUT2D eigenvalue weighted by atomic mass is 19.4. The predicted octanol–water partition coefficient (Wildman–Crippen LogP) is 4.47. The Morgan fingerprint density at radius 1 is 1.22 bits per heavy atom. The number of nitriles is 1. The fourth-order valence-corrected chi connectivity index (χ4v) is 3.94. The van der Waals surface area contributed by atoms with Crippen LogP contribution in [-0.2, 0) is 6.42 Å². The van der Waals surface area contributed by atoms with Crippen molar-refractivity contribution >= 4 is 17.4 Å². The molecular weight excluding hydrogens is 478 g/mol. The maximum absolute atomic E-state index is 14.3. The number of nitrogens with zero attached hydrogens (tertiary/aromatic N) is 4. The predicted molar refractivity (Wildman–Crippen MR) is 124 cm³/mol. The van der Waals surface area contributed by atoms with Crippen LogP contribution in [0.25, 0.3) is 11.1 Å². The van der Waals surface area contributed by atoms with Crippen LogP contribution < -0.4 is 10.2 Å². The van der Waals surface area contributed by atoms with Crippen LogP contribution in [0.1, 0.15) is 34.3 Å². The van der Waals surface area contributed by atoms with E-state index in [1.54, 1.807) is 12.1 Å². The van der Waals surface area contributed by atoms with E-state index in [0.717, 1.165) is 6.07 Å². The Hall–Kier alpha value is -4.04. The summed E-state index contributed by atoms with van der Waals surface area (Å²) in [4.78, 5) is 23.3. The molecular formula is C25H21F4N5O2. The lowest BCUT2D eigenvalue weighted by atomic mass is 10.0. The Kier molecular flexibility index (Phi) is 7.17. The number of anilines is 2. The topological polar surface area (TPSA) is 102 Å². The zero-order valence-electron chi connectivity index (χ0n) is 18.9. The number of β-amino-alcohol motifs (C(OH)–C–C–N with tert-alkyl or cyclic N) is 1. The molecule has 0 saturated carbocycles. The number of pyridine rings is 2. The van der Waals surface area contributed by atoms with Gasteiger partial charge in [0.05, 0.1) is 17.2 Å².